The molecule has 0 aromatic heterocycles. The molecule has 5 heteroatoms. The molecule has 110 valence electrons. The number of rotatable bonds is 4. The van der Waals surface area contributed by atoms with E-state index in [2.05, 4.69) is 10.6 Å². The van der Waals surface area contributed by atoms with E-state index in [9.17, 15) is 13.6 Å². The average Bonchev–Trinajstić information content (AvgIpc) is 2.44. The Morgan fingerprint density at radius 2 is 1.95 bits per heavy atom. The molecule has 1 amide bonds. The fraction of sp³-hybridized carbons (Fsp3) is 0.188. The third-order valence-corrected chi connectivity index (χ3v) is 3.08. The topological polar surface area (TPSA) is 41.1 Å². The van der Waals surface area contributed by atoms with E-state index in [1.54, 1.807) is 18.2 Å². The zero-order valence-electron chi connectivity index (χ0n) is 11.8. The van der Waals surface area contributed by atoms with Crippen LogP contribution >= 0.6 is 0 Å². The smallest absolute Gasteiger partial charge is 0.261 e. The SMILES string of the molecule is CNCc1cccc(NC(=O)c2c(F)ccc(C)c2F)c1. The van der Waals surface area contributed by atoms with Crippen molar-refractivity contribution in [3.05, 3.63) is 64.7 Å². The molecule has 0 aliphatic heterocycles. The first-order chi connectivity index (χ1) is 10.0. The van der Waals surface area contributed by atoms with Crippen LogP contribution in [0.4, 0.5) is 14.5 Å². The highest BCUT2D eigenvalue weighted by Crippen LogP contribution is 2.19. The zero-order chi connectivity index (χ0) is 15.4. The molecule has 2 N–H and O–H groups in total. The van der Waals surface area contributed by atoms with Gasteiger partial charge in [0.1, 0.15) is 17.2 Å². The number of carbonyl (C=O) groups excluding carboxylic acids is 1. The van der Waals surface area contributed by atoms with E-state index >= 15 is 0 Å². The van der Waals surface area contributed by atoms with Crippen LogP contribution in [0.3, 0.4) is 0 Å². The highest BCUT2D eigenvalue weighted by atomic mass is 19.1. The van der Waals surface area contributed by atoms with Gasteiger partial charge in [-0.05, 0) is 43.3 Å². The molecule has 0 unspecified atom stereocenters. The maximum atomic E-state index is 13.9. The lowest BCUT2D eigenvalue weighted by molar-refractivity contribution is 0.101. The molecule has 0 saturated heterocycles. The second-order valence-electron chi connectivity index (χ2n) is 4.74. The summed E-state index contributed by atoms with van der Waals surface area (Å²) in [4.78, 5) is 12.1. The summed E-state index contributed by atoms with van der Waals surface area (Å²) in [5, 5.41) is 5.51. The van der Waals surface area contributed by atoms with Crippen molar-refractivity contribution in [2.75, 3.05) is 12.4 Å². The predicted molar refractivity (Wildman–Crippen MR) is 78.3 cm³/mol. The molecule has 0 aliphatic rings. The minimum atomic E-state index is -0.873. The van der Waals surface area contributed by atoms with Crippen LogP contribution in [-0.4, -0.2) is 13.0 Å². The van der Waals surface area contributed by atoms with Crippen molar-refractivity contribution in [2.24, 2.45) is 0 Å². The summed E-state index contributed by atoms with van der Waals surface area (Å²) in [6, 6.07) is 9.47. The number of aryl methyl sites for hydroxylation is 1. The lowest BCUT2D eigenvalue weighted by atomic mass is 10.1. The number of hydrogen-bond donors (Lipinski definition) is 2. The zero-order valence-corrected chi connectivity index (χ0v) is 11.8. The summed E-state index contributed by atoms with van der Waals surface area (Å²) in [5.41, 5.74) is 1.12. The third kappa shape index (κ3) is 3.44. The van der Waals surface area contributed by atoms with Gasteiger partial charge in [-0.1, -0.05) is 18.2 Å². The van der Waals surface area contributed by atoms with Gasteiger partial charge < -0.3 is 10.6 Å². The molecule has 0 spiro atoms. The van der Waals surface area contributed by atoms with Crippen LogP contribution in [0.1, 0.15) is 21.5 Å². The quantitative estimate of drug-likeness (QED) is 0.907. The molecule has 0 aliphatic carbocycles. The molecule has 0 heterocycles. The second kappa shape index (κ2) is 6.45. The summed E-state index contributed by atoms with van der Waals surface area (Å²) in [6.07, 6.45) is 0. The van der Waals surface area contributed by atoms with Crippen LogP contribution in [0, 0.1) is 18.6 Å². The number of benzene rings is 2. The molecule has 2 rings (SSSR count). The Hall–Kier alpha value is -2.27. The standard InChI is InChI=1S/C16H16F2N2O/c1-10-6-7-13(17)14(15(10)18)16(21)20-12-5-3-4-11(8-12)9-19-2/h3-8,19H,9H2,1-2H3,(H,20,21). The van der Waals surface area contributed by atoms with Crippen molar-refractivity contribution < 1.29 is 13.6 Å². The fourth-order valence-electron chi connectivity index (χ4n) is 2.02. The van der Waals surface area contributed by atoms with Crippen molar-refractivity contribution in [3.63, 3.8) is 0 Å². The normalized spacial score (nSPS) is 10.5. The number of nitrogens with one attached hydrogen (secondary N) is 2. The maximum Gasteiger partial charge on any atom is 0.261 e. The summed E-state index contributed by atoms with van der Waals surface area (Å²) in [7, 11) is 1.81. The number of hydrogen-bond acceptors (Lipinski definition) is 2. The van der Waals surface area contributed by atoms with E-state index < -0.39 is 23.1 Å². The van der Waals surface area contributed by atoms with Gasteiger partial charge >= 0.3 is 0 Å². The van der Waals surface area contributed by atoms with Gasteiger partial charge in [-0.15, -0.1) is 0 Å². The van der Waals surface area contributed by atoms with Crippen molar-refractivity contribution in [2.45, 2.75) is 13.5 Å². The van der Waals surface area contributed by atoms with Gasteiger partial charge in [-0.25, -0.2) is 8.78 Å². The van der Waals surface area contributed by atoms with Crippen LogP contribution in [0.2, 0.25) is 0 Å². The highest BCUT2D eigenvalue weighted by molar-refractivity contribution is 6.04. The highest BCUT2D eigenvalue weighted by Gasteiger charge is 2.19. The molecule has 3 nitrogen and oxygen atoms in total. The van der Waals surface area contributed by atoms with Gasteiger partial charge in [0.25, 0.3) is 5.91 Å². The van der Waals surface area contributed by atoms with Gasteiger partial charge in [0.05, 0.1) is 0 Å². The Bertz CT molecular complexity index is 671. The molecular weight excluding hydrogens is 274 g/mol. The third-order valence-electron chi connectivity index (χ3n) is 3.08. The van der Waals surface area contributed by atoms with E-state index in [1.807, 2.05) is 13.1 Å². The van der Waals surface area contributed by atoms with E-state index in [0.717, 1.165) is 11.6 Å². The lowest BCUT2D eigenvalue weighted by Gasteiger charge is -2.10. The van der Waals surface area contributed by atoms with E-state index in [-0.39, 0.29) is 5.56 Å². The Labute approximate surface area is 122 Å². The molecule has 0 radical (unpaired) electrons. The van der Waals surface area contributed by atoms with Gasteiger partial charge in [0, 0.05) is 12.2 Å². The van der Waals surface area contributed by atoms with Crippen LogP contribution in [-0.2, 0) is 6.54 Å². The maximum absolute atomic E-state index is 13.9. The van der Waals surface area contributed by atoms with E-state index in [0.29, 0.717) is 12.2 Å². The Morgan fingerprint density at radius 1 is 1.19 bits per heavy atom. The summed E-state index contributed by atoms with van der Waals surface area (Å²) < 4.78 is 27.6. The number of carbonyl (C=O) groups is 1. The molecule has 0 saturated carbocycles. The summed E-state index contributed by atoms with van der Waals surface area (Å²) >= 11 is 0. The largest absolute Gasteiger partial charge is 0.322 e. The van der Waals surface area contributed by atoms with Crippen LogP contribution in [0.5, 0.6) is 0 Å². The first-order valence-electron chi connectivity index (χ1n) is 6.52. The molecule has 2 aromatic rings. The van der Waals surface area contributed by atoms with Gasteiger partial charge in [0.2, 0.25) is 0 Å². The molecule has 2 aromatic carbocycles. The van der Waals surface area contributed by atoms with E-state index in [1.165, 1.54) is 13.0 Å². The van der Waals surface area contributed by atoms with Crippen molar-refractivity contribution >= 4 is 11.6 Å². The van der Waals surface area contributed by atoms with Crippen molar-refractivity contribution in [3.8, 4) is 0 Å². The number of amides is 1. The Balaban J connectivity index is 2.26. The van der Waals surface area contributed by atoms with Gasteiger partial charge in [-0.3, -0.25) is 4.79 Å². The molecule has 0 bridgehead atoms. The van der Waals surface area contributed by atoms with Crippen molar-refractivity contribution in [1.82, 2.24) is 5.32 Å². The minimum Gasteiger partial charge on any atom is -0.322 e. The first-order valence-corrected chi connectivity index (χ1v) is 6.52. The van der Waals surface area contributed by atoms with Crippen molar-refractivity contribution in [1.29, 1.82) is 0 Å². The number of anilines is 1. The average molecular weight is 290 g/mol. The molecular formula is C16H16F2N2O. The first kappa shape index (κ1) is 15.1. The predicted octanol–water partition coefficient (Wildman–Crippen LogP) is 3.24. The number of halogens is 2. The van der Waals surface area contributed by atoms with Crippen LogP contribution in [0.25, 0.3) is 0 Å². The Kier molecular flexibility index (Phi) is 4.65. The van der Waals surface area contributed by atoms with Crippen LogP contribution < -0.4 is 10.6 Å². The second-order valence-corrected chi connectivity index (χ2v) is 4.74. The minimum absolute atomic E-state index is 0.227. The van der Waals surface area contributed by atoms with Gasteiger partial charge in [0.15, 0.2) is 0 Å². The van der Waals surface area contributed by atoms with Gasteiger partial charge in [-0.2, -0.15) is 0 Å². The molecule has 21 heavy (non-hydrogen) atoms. The monoisotopic (exact) mass is 290 g/mol. The summed E-state index contributed by atoms with van der Waals surface area (Å²) in [5.74, 6) is -2.50. The molecule has 0 fully saturated rings. The van der Waals surface area contributed by atoms with Crippen LogP contribution in [0.15, 0.2) is 36.4 Å². The lowest BCUT2D eigenvalue weighted by Crippen LogP contribution is -2.17. The molecule has 0 atom stereocenters. The fourth-order valence-corrected chi connectivity index (χ4v) is 2.02. The Morgan fingerprint density at radius 3 is 2.67 bits per heavy atom. The summed E-state index contributed by atoms with van der Waals surface area (Å²) in [6.45, 7) is 2.12. The van der Waals surface area contributed by atoms with E-state index in [4.69, 9.17) is 0 Å².